The van der Waals surface area contributed by atoms with Crippen LogP contribution in [0.15, 0.2) is 72.9 Å². The Kier molecular flexibility index (Phi) is 6.75. The molecule has 4 nitrogen and oxygen atoms in total. The molecule has 156 valence electrons. The van der Waals surface area contributed by atoms with Gasteiger partial charge in [0.15, 0.2) is 0 Å². The first kappa shape index (κ1) is 20.5. The first-order valence-electron chi connectivity index (χ1n) is 10.7. The van der Waals surface area contributed by atoms with Crippen molar-refractivity contribution in [1.82, 2.24) is 9.47 Å². The van der Waals surface area contributed by atoms with Gasteiger partial charge in [-0.3, -0.25) is 0 Å². The summed E-state index contributed by atoms with van der Waals surface area (Å²) in [6, 6.07) is 22.0. The Labute approximate surface area is 183 Å². The van der Waals surface area contributed by atoms with Crippen LogP contribution in [0, 0.1) is 0 Å². The van der Waals surface area contributed by atoms with E-state index in [9.17, 15) is 4.79 Å². The van der Waals surface area contributed by atoms with E-state index in [1.54, 1.807) is 0 Å². The first-order chi connectivity index (χ1) is 14.7. The number of aromatic nitrogens is 1. The van der Waals surface area contributed by atoms with Gasteiger partial charge in [0.1, 0.15) is 0 Å². The molecule has 0 radical (unpaired) electrons. The van der Waals surface area contributed by atoms with E-state index in [2.05, 4.69) is 28.2 Å². The van der Waals surface area contributed by atoms with Gasteiger partial charge in [-0.1, -0.05) is 61.2 Å². The van der Waals surface area contributed by atoms with Gasteiger partial charge in [-0.25, -0.2) is 4.79 Å². The van der Waals surface area contributed by atoms with Crippen molar-refractivity contribution in [2.24, 2.45) is 0 Å². The molecule has 5 heteroatoms. The maximum Gasteiger partial charge on any atom is 0.322 e. The zero-order valence-electron chi connectivity index (χ0n) is 17.1. The van der Waals surface area contributed by atoms with E-state index < -0.39 is 0 Å². The SMILES string of the molecule is O=C(Nc1ccccc1)N(Cc1cccn1Cc1cccc(Cl)c1)C1CCCCC1. The quantitative estimate of drug-likeness (QED) is 0.481. The summed E-state index contributed by atoms with van der Waals surface area (Å²) in [4.78, 5) is 15.3. The van der Waals surface area contributed by atoms with Crippen LogP contribution in [0.1, 0.15) is 43.4 Å². The van der Waals surface area contributed by atoms with Crippen molar-refractivity contribution in [3.63, 3.8) is 0 Å². The van der Waals surface area contributed by atoms with Crippen LogP contribution >= 0.6 is 11.6 Å². The molecule has 30 heavy (non-hydrogen) atoms. The number of nitrogens with zero attached hydrogens (tertiary/aromatic N) is 2. The molecule has 2 amide bonds. The van der Waals surface area contributed by atoms with Gasteiger partial charge in [-0.15, -0.1) is 0 Å². The molecule has 0 bridgehead atoms. The minimum atomic E-state index is -0.0244. The zero-order valence-corrected chi connectivity index (χ0v) is 17.9. The van der Waals surface area contributed by atoms with E-state index in [-0.39, 0.29) is 12.1 Å². The Morgan fingerprint density at radius 3 is 2.57 bits per heavy atom. The van der Waals surface area contributed by atoms with Gasteiger partial charge >= 0.3 is 6.03 Å². The Hall–Kier alpha value is -2.72. The highest BCUT2D eigenvalue weighted by molar-refractivity contribution is 6.30. The van der Waals surface area contributed by atoms with E-state index in [1.807, 2.05) is 59.5 Å². The van der Waals surface area contributed by atoms with Crippen LogP contribution in [-0.2, 0) is 13.1 Å². The lowest BCUT2D eigenvalue weighted by Gasteiger charge is -2.34. The molecule has 1 aliphatic rings. The van der Waals surface area contributed by atoms with Crippen LogP contribution in [-0.4, -0.2) is 21.5 Å². The van der Waals surface area contributed by atoms with Crippen molar-refractivity contribution < 1.29 is 4.79 Å². The van der Waals surface area contributed by atoms with Gasteiger partial charge in [-0.05, 0) is 54.8 Å². The maximum atomic E-state index is 13.2. The van der Waals surface area contributed by atoms with Crippen molar-refractivity contribution in [1.29, 1.82) is 0 Å². The zero-order chi connectivity index (χ0) is 20.8. The molecule has 0 spiro atoms. The molecule has 1 aromatic heterocycles. The fourth-order valence-electron chi connectivity index (χ4n) is 4.23. The number of halogens is 1. The molecule has 0 atom stereocenters. The first-order valence-corrected chi connectivity index (χ1v) is 11.1. The predicted octanol–water partition coefficient (Wildman–Crippen LogP) is 6.56. The highest BCUT2D eigenvalue weighted by atomic mass is 35.5. The summed E-state index contributed by atoms with van der Waals surface area (Å²) in [5, 5.41) is 3.83. The normalized spacial score (nSPS) is 14.4. The van der Waals surface area contributed by atoms with E-state index in [4.69, 9.17) is 11.6 Å². The van der Waals surface area contributed by atoms with E-state index in [0.717, 1.165) is 41.4 Å². The van der Waals surface area contributed by atoms with Crippen molar-refractivity contribution in [2.75, 3.05) is 5.32 Å². The third-order valence-electron chi connectivity index (χ3n) is 5.80. The van der Waals surface area contributed by atoms with Gasteiger partial charge in [0, 0.05) is 35.2 Å². The molecule has 0 unspecified atom stereocenters. The lowest BCUT2D eigenvalue weighted by atomic mass is 9.94. The number of hydrogen-bond acceptors (Lipinski definition) is 1. The third kappa shape index (κ3) is 5.25. The minimum Gasteiger partial charge on any atom is -0.345 e. The van der Waals surface area contributed by atoms with E-state index in [0.29, 0.717) is 6.54 Å². The summed E-state index contributed by atoms with van der Waals surface area (Å²) in [6.45, 7) is 1.33. The van der Waals surface area contributed by atoms with Crippen molar-refractivity contribution in [2.45, 2.75) is 51.2 Å². The molecule has 0 saturated heterocycles. The topological polar surface area (TPSA) is 37.3 Å². The van der Waals surface area contributed by atoms with E-state index in [1.165, 1.54) is 19.3 Å². The molecule has 3 aromatic rings. The molecule has 2 aromatic carbocycles. The fraction of sp³-hybridized carbons (Fsp3) is 0.320. The number of benzene rings is 2. The second-order valence-electron chi connectivity index (χ2n) is 7.97. The summed E-state index contributed by atoms with van der Waals surface area (Å²) in [5.41, 5.74) is 3.11. The smallest absolute Gasteiger partial charge is 0.322 e. The summed E-state index contributed by atoms with van der Waals surface area (Å²) >= 11 is 6.16. The average molecular weight is 422 g/mol. The Bertz CT molecular complexity index is 963. The molecular formula is C25H28ClN3O. The number of urea groups is 1. The number of rotatable bonds is 6. The highest BCUT2D eigenvalue weighted by Gasteiger charge is 2.26. The molecule has 1 heterocycles. The molecule has 1 fully saturated rings. The summed E-state index contributed by atoms with van der Waals surface area (Å²) in [6.07, 6.45) is 7.83. The number of carbonyl (C=O) groups excluding carboxylic acids is 1. The van der Waals surface area contributed by atoms with Gasteiger partial charge in [-0.2, -0.15) is 0 Å². The summed E-state index contributed by atoms with van der Waals surface area (Å²) < 4.78 is 2.21. The van der Waals surface area contributed by atoms with Gasteiger partial charge in [0.05, 0.1) is 6.54 Å². The number of carbonyl (C=O) groups is 1. The Morgan fingerprint density at radius 1 is 1.00 bits per heavy atom. The molecule has 1 aliphatic carbocycles. The van der Waals surface area contributed by atoms with E-state index >= 15 is 0 Å². The Morgan fingerprint density at radius 2 is 1.80 bits per heavy atom. The van der Waals surface area contributed by atoms with Crippen LogP contribution in [0.4, 0.5) is 10.5 Å². The van der Waals surface area contributed by atoms with Crippen molar-refractivity contribution in [3.8, 4) is 0 Å². The summed E-state index contributed by atoms with van der Waals surface area (Å²) in [5.74, 6) is 0. The number of anilines is 1. The second kappa shape index (κ2) is 9.86. The number of para-hydroxylation sites is 1. The van der Waals surface area contributed by atoms with Crippen molar-refractivity contribution >= 4 is 23.3 Å². The van der Waals surface area contributed by atoms with Crippen LogP contribution in [0.5, 0.6) is 0 Å². The van der Waals surface area contributed by atoms with Gasteiger partial charge in [0.2, 0.25) is 0 Å². The largest absolute Gasteiger partial charge is 0.345 e. The highest BCUT2D eigenvalue weighted by Crippen LogP contribution is 2.25. The minimum absolute atomic E-state index is 0.0244. The van der Waals surface area contributed by atoms with Crippen molar-refractivity contribution in [3.05, 3.63) is 89.2 Å². The molecule has 4 rings (SSSR count). The predicted molar refractivity (Wildman–Crippen MR) is 123 cm³/mol. The monoisotopic (exact) mass is 421 g/mol. The van der Waals surface area contributed by atoms with Crippen LogP contribution in [0.2, 0.25) is 5.02 Å². The second-order valence-corrected chi connectivity index (χ2v) is 8.41. The molecule has 0 aliphatic heterocycles. The standard InChI is InChI=1S/C25H28ClN3O/c26-21-10-7-9-20(17-21)18-28-16-8-15-24(28)19-29(23-13-5-2-6-14-23)25(30)27-22-11-3-1-4-12-22/h1,3-4,7-12,15-17,23H,2,5-6,13-14,18-19H2,(H,27,30). The number of nitrogens with one attached hydrogen (secondary N) is 1. The molecule has 1 saturated carbocycles. The average Bonchev–Trinajstić information content (AvgIpc) is 3.20. The van der Waals surface area contributed by atoms with Crippen LogP contribution in [0.25, 0.3) is 0 Å². The lowest BCUT2D eigenvalue weighted by molar-refractivity contribution is 0.161. The van der Waals surface area contributed by atoms with Crippen LogP contribution in [0.3, 0.4) is 0 Å². The molecular weight excluding hydrogens is 394 g/mol. The van der Waals surface area contributed by atoms with Gasteiger partial charge < -0.3 is 14.8 Å². The Balaban J connectivity index is 1.53. The maximum absolute atomic E-state index is 13.2. The lowest BCUT2D eigenvalue weighted by Crippen LogP contribution is -2.43. The van der Waals surface area contributed by atoms with Gasteiger partial charge in [0.25, 0.3) is 0 Å². The third-order valence-corrected chi connectivity index (χ3v) is 6.03. The van der Waals surface area contributed by atoms with Crippen LogP contribution < -0.4 is 5.32 Å². The number of amides is 2. The molecule has 1 N–H and O–H groups in total. The fourth-order valence-corrected chi connectivity index (χ4v) is 4.44. The summed E-state index contributed by atoms with van der Waals surface area (Å²) in [7, 11) is 0. The number of hydrogen-bond donors (Lipinski definition) is 1.